The highest BCUT2D eigenvalue weighted by molar-refractivity contribution is 7.16. The zero-order valence-corrected chi connectivity index (χ0v) is 12.9. The van der Waals surface area contributed by atoms with Gasteiger partial charge in [0.1, 0.15) is 5.82 Å². The number of rotatable bonds is 3. The van der Waals surface area contributed by atoms with E-state index >= 15 is 0 Å². The van der Waals surface area contributed by atoms with Gasteiger partial charge in [-0.25, -0.2) is 9.37 Å². The summed E-state index contributed by atoms with van der Waals surface area (Å²) < 4.78 is 13.0. The maximum absolute atomic E-state index is 13.0. The van der Waals surface area contributed by atoms with Gasteiger partial charge in [-0.3, -0.25) is 10.1 Å². The second-order valence-corrected chi connectivity index (χ2v) is 6.31. The molecule has 0 unspecified atom stereocenters. The van der Waals surface area contributed by atoms with Gasteiger partial charge in [-0.2, -0.15) is 0 Å². The van der Waals surface area contributed by atoms with E-state index in [1.165, 1.54) is 23.5 Å². The summed E-state index contributed by atoms with van der Waals surface area (Å²) in [5.41, 5.74) is 1.03. The van der Waals surface area contributed by atoms with Crippen LogP contribution < -0.4 is 5.32 Å². The Kier molecular flexibility index (Phi) is 4.01. The number of thiophene rings is 1. The SMILES string of the molecule is O=C(Nc1nc(-c2cccs2)cs1)c1ccc(F)cc1Cl. The van der Waals surface area contributed by atoms with Crippen molar-refractivity contribution < 1.29 is 9.18 Å². The molecule has 21 heavy (non-hydrogen) atoms. The normalized spacial score (nSPS) is 10.6. The first-order valence-corrected chi connectivity index (χ1v) is 8.03. The largest absolute Gasteiger partial charge is 0.298 e. The summed E-state index contributed by atoms with van der Waals surface area (Å²) in [5.74, 6) is -0.891. The van der Waals surface area contributed by atoms with E-state index in [4.69, 9.17) is 11.6 Å². The number of hydrogen-bond acceptors (Lipinski definition) is 4. The molecule has 3 rings (SSSR count). The highest BCUT2D eigenvalue weighted by Crippen LogP contribution is 2.28. The number of benzene rings is 1. The van der Waals surface area contributed by atoms with Crippen LogP contribution in [0.5, 0.6) is 0 Å². The van der Waals surface area contributed by atoms with Crippen LogP contribution in [0.15, 0.2) is 41.1 Å². The fraction of sp³-hybridized carbons (Fsp3) is 0. The van der Waals surface area contributed by atoms with Crippen LogP contribution in [0.25, 0.3) is 10.6 Å². The average molecular weight is 339 g/mol. The van der Waals surface area contributed by atoms with Gasteiger partial charge in [0.25, 0.3) is 5.91 Å². The zero-order valence-electron chi connectivity index (χ0n) is 10.5. The van der Waals surface area contributed by atoms with Crippen molar-refractivity contribution >= 4 is 45.3 Å². The minimum Gasteiger partial charge on any atom is -0.298 e. The maximum atomic E-state index is 13.0. The van der Waals surface area contributed by atoms with E-state index in [2.05, 4.69) is 10.3 Å². The number of carbonyl (C=O) groups is 1. The topological polar surface area (TPSA) is 42.0 Å². The second-order valence-electron chi connectivity index (χ2n) is 4.09. The minimum absolute atomic E-state index is 0.0718. The Bertz CT molecular complexity index is 786. The van der Waals surface area contributed by atoms with Gasteiger partial charge in [0.15, 0.2) is 5.13 Å². The quantitative estimate of drug-likeness (QED) is 0.736. The summed E-state index contributed by atoms with van der Waals surface area (Å²) >= 11 is 8.76. The van der Waals surface area contributed by atoms with Gasteiger partial charge >= 0.3 is 0 Å². The van der Waals surface area contributed by atoms with Crippen molar-refractivity contribution in [1.29, 1.82) is 0 Å². The van der Waals surface area contributed by atoms with Crippen molar-refractivity contribution in [3.63, 3.8) is 0 Å². The number of anilines is 1. The Morgan fingerprint density at radius 2 is 2.14 bits per heavy atom. The van der Waals surface area contributed by atoms with Gasteiger partial charge in [0, 0.05) is 5.38 Å². The van der Waals surface area contributed by atoms with Crippen molar-refractivity contribution in [1.82, 2.24) is 4.98 Å². The van der Waals surface area contributed by atoms with E-state index in [1.54, 1.807) is 11.3 Å². The maximum Gasteiger partial charge on any atom is 0.258 e. The number of thiazole rings is 1. The van der Waals surface area contributed by atoms with Crippen molar-refractivity contribution in [2.24, 2.45) is 0 Å². The van der Waals surface area contributed by atoms with Crippen LogP contribution in [0.1, 0.15) is 10.4 Å². The van der Waals surface area contributed by atoms with Crippen LogP contribution in [0.3, 0.4) is 0 Å². The summed E-state index contributed by atoms with van der Waals surface area (Å²) in [7, 11) is 0. The van der Waals surface area contributed by atoms with Gasteiger partial charge in [-0.05, 0) is 29.6 Å². The van der Waals surface area contributed by atoms with Gasteiger partial charge < -0.3 is 0 Å². The molecule has 0 spiro atoms. The lowest BCUT2D eigenvalue weighted by atomic mass is 10.2. The van der Waals surface area contributed by atoms with Crippen LogP contribution >= 0.6 is 34.3 Å². The predicted molar refractivity (Wildman–Crippen MR) is 84.8 cm³/mol. The standard InChI is InChI=1S/C14H8ClFN2OS2/c15-10-6-8(16)3-4-9(10)13(19)18-14-17-11(7-21-14)12-2-1-5-20-12/h1-7H,(H,17,18,19). The van der Waals surface area contributed by atoms with Crippen LogP contribution in [0.2, 0.25) is 5.02 Å². The Morgan fingerprint density at radius 1 is 1.29 bits per heavy atom. The highest BCUT2D eigenvalue weighted by Gasteiger charge is 2.13. The predicted octanol–water partition coefficient (Wildman–Crippen LogP) is 4.92. The molecular weight excluding hydrogens is 331 g/mol. The van der Waals surface area contributed by atoms with Gasteiger partial charge in [-0.15, -0.1) is 22.7 Å². The number of nitrogens with zero attached hydrogens (tertiary/aromatic N) is 1. The number of amides is 1. The molecule has 0 bridgehead atoms. The molecule has 1 aromatic carbocycles. The first-order chi connectivity index (χ1) is 10.1. The van der Waals surface area contributed by atoms with Gasteiger partial charge in [-0.1, -0.05) is 17.7 Å². The third-order valence-electron chi connectivity index (χ3n) is 2.67. The molecule has 0 aliphatic rings. The molecule has 2 aromatic heterocycles. The van der Waals surface area contributed by atoms with E-state index < -0.39 is 11.7 Å². The lowest BCUT2D eigenvalue weighted by Crippen LogP contribution is -2.12. The Morgan fingerprint density at radius 3 is 2.86 bits per heavy atom. The number of halogens is 2. The fourth-order valence-corrected chi connectivity index (χ4v) is 3.43. The number of hydrogen-bond donors (Lipinski definition) is 1. The third kappa shape index (κ3) is 3.12. The molecule has 0 fully saturated rings. The van der Waals surface area contributed by atoms with Crippen molar-refractivity contribution in [2.45, 2.75) is 0 Å². The van der Waals surface area contributed by atoms with Gasteiger partial charge in [0.05, 0.1) is 21.2 Å². The lowest BCUT2D eigenvalue weighted by Gasteiger charge is -2.03. The molecule has 106 valence electrons. The summed E-state index contributed by atoms with van der Waals surface area (Å²) in [6.45, 7) is 0. The highest BCUT2D eigenvalue weighted by atomic mass is 35.5. The minimum atomic E-state index is -0.481. The number of aromatic nitrogens is 1. The lowest BCUT2D eigenvalue weighted by molar-refractivity contribution is 0.102. The summed E-state index contributed by atoms with van der Waals surface area (Å²) in [6, 6.07) is 7.55. The molecule has 0 saturated carbocycles. The van der Waals surface area contributed by atoms with Crippen LogP contribution in [0, 0.1) is 5.82 Å². The van der Waals surface area contributed by atoms with E-state index in [1.807, 2.05) is 22.9 Å². The molecule has 3 nitrogen and oxygen atoms in total. The van der Waals surface area contributed by atoms with Crippen LogP contribution in [0.4, 0.5) is 9.52 Å². The molecule has 3 aromatic rings. The van der Waals surface area contributed by atoms with E-state index in [-0.39, 0.29) is 10.6 Å². The van der Waals surface area contributed by atoms with Crippen molar-refractivity contribution in [3.05, 3.63) is 57.5 Å². The average Bonchev–Trinajstić information content (AvgIpc) is 3.08. The molecule has 0 saturated heterocycles. The molecule has 0 aliphatic heterocycles. The molecule has 1 N–H and O–H groups in total. The Labute approximate surface area is 133 Å². The summed E-state index contributed by atoms with van der Waals surface area (Å²) in [4.78, 5) is 17.5. The Hall–Kier alpha value is -1.76. The van der Waals surface area contributed by atoms with Gasteiger partial charge in [0.2, 0.25) is 0 Å². The second kappa shape index (κ2) is 5.93. The smallest absolute Gasteiger partial charge is 0.258 e. The summed E-state index contributed by atoms with van der Waals surface area (Å²) in [5, 5.41) is 7.05. The first kappa shape index (κ1) is 14.2. The molecule has 1 amide bonds. The Balaban J connectivity index is 1.79. The first-order valence-electron chi connectivity index (χ1n) is 5.89. The summed E-state index contributed by atoms with van der Waals surface area (Å²) in [6.07, 6.45) is 0. The molecule has 0 aliphatic carbocycles. The third-order valence-corrected chi connectivity index (χ3v) is 4.64. The van der Waals surface area contributed by atoms with Crippen molar-refractivity contribution in [3.8, 4) is 10.6 Å². The van der Waals surface area contributed by atoms with Crippen LogP contribution in [-0.4, -0.2) is 10.9 Å². The molecule has 2 heterocycles. The fourth-order valence-electron chi connectivity index (χ4n) is 1.71. The van der Waals surface area contributed by atoms with Crippen LogP contribution in [-0.2, 0) is 0 Å². The molecular formula is C14H8ClFN2OS2. The molecule has 0 radical (unpaired) electrons. The number of nitrogens with one attached hydrogen (secondary N) is 1. The van der Waals surface area contributed by atoms with E-state index in [0.29, 0.717) is 5.13 Å². The van der Waals surface area contributed by atoms with Crippen molar-refractivity contribution in [2.75, 3.05) is 5.32 Å². The number of carbonyl (C=O) groups excluding carboxylic acids is 1. The molecule has 0 atom stereocenters. The zero-order chi connectivity index (χ0) is 14.8. The molecule has 7 heteroatoms. The van der Waals surface area contributed by atoms with E-state index in [0.717, 1.165) is 16.6 Å². The monoisotopic (exact) mass is 338 g/mol. The van der Waals surface area contributed by atoms with E-state index in [9.17, 15) is 9.18 Å².